The lowest BCUT2D eigenvalue weighted by molar-refractivity contribution is -0.125. The van der Waals surface area contributed by atoms with E-state index in [1.165, 1.54) is 0 Å². The van der Waals surface area contributed by atoms with Gasteiger partial charge in [-0.05, 0) is 52.5 Å². The number of hydrogen-bond donors (Lipinski definition) is 1. The van der Waals surface area contributed by atoms with Gasteiger partial charge in [-0.3, -0.25) is 9.59 Å². The predicted octanol–water partition coefficient (Wildman–Crippen LogP) is 3.42. The third-order valence-corrected chi connectivity index (χ3v) is 7.65. The lowest BCUT2D eigenvalue weighted by Crippen LogP contribution is -2.43. The van der Waals surface area contributed by atoms with Crippen molar-refractivity contribution in [2.45, 2.75) is 77.5 Å². The molecule has 6 heteroatoms. The molecule has 0 saturated carbocycles. The fourth-order valence-corrected chi connectivity index (χ4v) is 5.76. The van der Waals surface area contributed by atoms with Crippen molar-refractivity contribution in [2.75, 3.05) is 19.6 Å². The van der Waals surface area contributed by atoms with Crippen LogP contribution in [0.1, 0.15) is 70.7 Å². The first kappa shape index (κ1) is 21.4. The molecule has 0 radical (unpaired) electrons. The van der Waals surface area contributed by atoms with E-state index in [2.05, 4.69) is 44.5 Å². The van der Waals surface area contributed by atoms with Gasteiger partial charge in [0, 0.05) is 48.8 Å². The normalized spacial score (nSPS) is 30.2. The number of nitrogens with zero attached hydrogens (tertiary/aromatic N) is 2. The van der Waals surface area contributed by atoms with Gasteiger partial charge in [0.1, 0.15) is 0 Å². The Hall–Kier alpha value is -1.82. The number of hydrogen-bond acceptors (Lipinski definition) is 3. The van der Waals surface area contributed by atoms with Gasteiger partial charge in [0.25, 0.3) is 5.91 Å². The summed E-state index contributed by atoms with van der Waals surface area (Å²) in [7, 11) is 0. The van der Waals surface area contributed by atoms with Crippen LogP contribution in [-0.2, 0) is 15.1 Å². The summed E-state index contributed by atoms with van der Waals surface area (Å²) >= 11 is 0. The van der Waals surface area contributed by atoms with Gasteiger partial charge in [-0.15, -0.1) is 0 Å². The Morgan fingerprint density at radius 2 is 2.03 bits per heavy atom. The maximum Gasteiger partial charge on any atom is 0.255 e. The Bertz CT molecular complexity index is 807. The van der Waals surface area contributed by atoms with Crippen molar-refractivity contribution in [3.8, 4) is 0 Å². The van der Waals surface area contributed by atoms with Crippen molar-refractivity contribution in [3.05, 3.63) is 24.0 Å². The molecule has 2 amide bonds. The molecule has 1 spiro atoms. The molecule has 1 aromatic rings. The van der Waals surface area contributed by atoms with Crippen LogP contribution in [0.5, 0.6) is 0 Å². The van der Waals surface area contributed by atoms with E-state index in [-0.39, 0.29) is 35.0 Å². The molecule has 4 heterocycles. The number of amides is 2. The first-order chi connectivity index (χ1) is 14.2. The molecule has 3 aliphatic heterocycles. The summed E-state index contributed by atoms with van der Waals surface area (Å²) < 4.78 is 8.56. The van der Waals surface area contributed by atoms with Crippen molar-refractivity contribution in [1.82, 2.24) is 14.8 Å². The molecule has 3 fully saturated rings. The van der Waals surface area contributed by atoms with E-state index in [1.54, 1.807) is 0 Å². The Labute approximate surface area is 180 Å². The van der Waals surface area contributed by atoms with Crippen LogP contribution in [0.3, 0.4) is 0 Å². The number of carbonyl (C=O) groups is 2. The summed E-state index contributed by atoms with van der Waals surface area (Å²) in [6, 6.07) is 1.92. The Kier molecular flexibility index (Phi) is 5.50. The summed E-state index contributed by atoms with van der Waals surface area (Å²) in [4.78, 5) is 27.7. The summed E-state index contributed by atoms with van der Waals surface area (Å²) in [5.74, 6) is 0.952. The molecule has 1 N–H and O–H groups in total. The van der Waals surface area contributed by atoms with E-state index in [9.17, 15) is 9.59 Å². The van der Waals surface area contributed by atoms with Crippen molar-refractivity contribution in [2.24, 2.45) is 17.8 Å². The molecule has 4 rings (SSSR count). The zero-order chi connectivity index (χ0) is 21.7. The van der Waals surface area contributed by atoms with Gasteiger partial charge in [0.15, 0.2) is 0 Å². The average Bonchev–Trinajstić information content (AvgIpc) is 3.45. The van der Waals surface area contributed by atoms with E-state index in [4.69, 9.17) is 4.74 Å². The number of aromatic nitrogens is 1. The average molecular weight is 416 g/mol. The highest BCUT2D eigenvalue weighted by Crippen LogP contribution is 2.54. The number of fused-ring (bicyclic) bond motifs is 1. The van der Waals surface area contributed by atoms with Crippen LogP contribution in [0.15, 0.2) is 18.5 Å². The van der Waals surface area contributed by atoms with Crippen LogP contribution in [0.25, 0.3) is 0 Å². The van der Waals surface area contributed by atoms with Crippen molar-refractivity contribution < 1.29 is 14.3 Å². The number of likely N-dealkylation sites (tertiary alicyclic amines) is 1. The second kappa shape index (κ2) is 7.70. The van der Waals surface area contributed by atoms with Crippen LogP contribution in [0.4, 0.5) is 0 Å². The van der Waals surface area contributed by atoms with E-state index in [0.717, 1.165) is 37.8 Å². The van der Waals surface area contributed by atoms with Crippen LogP contribution in [0, 0.1) is 17.8 Å². The largest absolute Gasteiger partial charge is 0.369 e. The zero-order valence-corrected chi connectivity index (χ0v) is 19.1. The van der Waals surface area contributed by atoms with E-state index < -0.39 is 0 Å². The fraction of sp³-hybridized carbons (Fsp3) is 0.750. The molecule has 0 unspecified atom stereocenters. The molecule has 166 valence electrons. The Balaban J connectivity index is 1.43. The highest BCUT2D eigenvalue weighted by Gasteiger charge is 2.63. The summed E-state index contributed by atoms with van der Waals surface area (Å²) in [6.07, 6.45) is 7.96. The smallest absolute Gasteiger partial charge is 0.255 e. The first-order valence-electron chi connectivity index (χ1n) is 11.6. The molecule has 3 saturated heterocycles. The molecule has 2 bridgehead atoms. The predicted molar refractivity (Wildman–Crippen MR) is 116 cm³/mol. The Morgan fingerprint density at radius 1 is 1.30 bits per heavy atom. The number of ether oxygens (including phenoxy) is 1. The SMILES string of the molecule is CCC(CC)C(=O)NC[C@H]1[C@H]2CN(C(=O)c3ccn(C(C)(C)C)c3)C[C@]23CC[C@H]1O3. The van der Waals surface area contributed by atoms with Crippen LogP contribution in [-0.4, -0.2) is 52.6 Å². The molecule has 0 aromatic carbocycles. The second-order valence-electron chi connectivity index (χ2n) is 10.5. The maximum absolute atomic E-state index is 13.2. The van der Waals surface area contributed by atoms with Gasteiger partial charge in [-0.1, -0.05) is 13.8 Å². The molecular formula is C24H37N3O3. The van der Waals surface area contributed by atoms with E-state index in [1.807, 2.05) is 23.4 Å². The molecule has 0 aliphatic carbocycles. The minimum atomic E-state index is -0.211. The van der Waals surface area contributed by atoms with Crippen molar-refractivity contribution in [1.29, 1.82) is 0 Å². The number of rotatable bonds is 6. The lowest BCUT2D eigenvalue weighted by atomic mass is 9.73. The van der Waals surface area contributed by atoms with E-state index in [0.29, 0.717) is 24.9 Å². The third-order valence-electron chi connectivity index (χ3n) is 7.65. The molecular weight excluding hydrogens is 378 g/mol. The van der Waals surface area contributed by atoms with E-state index >= 15 is 0 Å². The van der Waals surface area contributed by atoms with Crippen LogP contribution in [0.2, 0.25) is 0 Å². The van der Waals surface area contributed by atoms with Gasteiger partial charge in [-0.25, -0.2) is 0 Å². The molecule has 30 heavy (non-hydrogen) atoms. The highest BCUT2D eigenvalue weighted by atomic mass is 16.5. The number of nitrogens with one attached hydrogen (secondary N) is 1. The van der Waals surface area contributed by atoms with Gasteiger partial charge >= 0.3 is 0 Å². The minimum Gasteiger partial charge on any atom is -0.369 e. The molecule has 1 aromatic heterocycles. The van der Waals surface area contributed by atoms with Crippen LogP contribution < -0.4 is 5.32 Å². The van der Waals surface area contributed by atoms with Crippen molar-refractivity contribution >= 4 is 11.8 Å². The molecule has 4 atom stereocenters. The summed E-state index contributed by atoms with van der Waals surface area (Å²) in [5, 5.41) is 3.19. The summed E-state index contributed by atoms with van der Waals surface area (Å²) in [5.41, 5.74) is 0.491. The van der Waals surface area contributed by atoms with Gasteiger partial charge in [0.05, 0.1) is 23.8 Å². The summed E-state index contributed by atoms with van der Waals surface area (Å²) in [6.45, 7) is 12.6. The third kappa shape index (κ3) is 3.57. The lowest BCUT2D eigenvalue weighted by Gasteiger charge is -2.29. The molecule has 6 nitrogen and oxygen atoms in total. The van der Waals surface area contributed by atoms with Gasteiger partial charge in [-0.2, -0.15) is 0 Å². The fourth-order valence-electron chi connectivity index (χ4n) is 5.76. The van der Waals surface area contributed by atoms with Crippen LogP contribution >= 0.6 is 0 Å². The topological polar surface area (TPSA) is 63.6 Å². The maximum atomic E-state index is 13.2. The van der Waals surface area contributed by atoms with Crippen molar-refractivity contribution in [3.63, 3.8) is 0 Å². The monoisotopic (exact) mass is 415 g/mol. The molecule has 3 aliphatic rings. The first-order valence-corrected chi connectivity index (χ1v) is 11.6. The Morgan fingerprint density at radius 3 is 2.67 bits per heavy atom. The van der Waals surface area contributed by atoms with Gasteiger partial charge < -0.3 is 19.5 Å². The second-order valence-corrected chi connectivity index (χ2v) is 10.5. The quantitative estimate of drug-likeness (QED) is 0.774. The standard InChI is InChI=1S/C24H37N3O3/c1-6-16(7-2)21(28)25-12-18-19-14-26(15-24(19)10-8-20(18)30-24)22(29)17-9-11-27(13-17)23(3,4)5/h9,11,13,16,18-20H,6-8,10,12,14-15H2,1-5H3,(H,25,28)/t18-,19+,20+,24+/m0/s1. The van der Waals surface area contributed by atoms with Gasteiger partial charge in [0.2, 0.25) is 5.91 Å². The number of carbonyl (C=O) groups excluding carboxylic acids is 2. The highest BCUT2D eigenvalue weighted by molar-refractivity contribution is 5.94. The minimum absolute atomic E-state index is 0.0430. The zero-order valence-electron chi connectivity index (χ0n) is 19.1.